The first-order chi connectivity index (χ1) is 13.9. The highest BCUT2D eigenvalue weighted by Gasteiger charge is 2.38. The van der Waals surface area contributed by atoms with E-state index in [4.69, 9.17) is 4.74 Å². The van der Waals surface area contributed by atoms with Crippen LogP contribution in [0.15, 0.2) is 59.8 Å². The number of hydrogen-bond acceptors (Lipinski definition) is 3. The third-order valence-electron chi connectivity index (χ3n) is 5.53. The zero-order valence-corrected chi connectivity index (χ0v) is 16.6. The van der Waals surface area contributed by atoms with E-state index >= 15 is 0 Å². The van der Waals surface area contributed by atoms with Gasteiger partial charge in [0.15, 0.2) is 5.78 Å². The second kappa shape index (κ2) is 7.82. The van der Waals surface area contributed by atoms with Crippen molar-refractivity contribution in [3.05, 3.63) is 76.7 Å². The molecule has 0 saturated heterocycles. The number of carbonyl (C=O) groups is 2. The number of rotatable bonds is 4. The molecule has 1 aliphatic carbocycles. The van der Waals surface area contributed by atoms with E-state index in [0.29, 0.717) is 24.1 Å². The molecule has 1 amide bonds. The van der Waals surface area contributed by atoms with E-state index in [1.165, 1.54) is 12.1 Å². The topological polar surface area (TPSA) is 55.4 Å². The molecule has 150 valence electrons. The van der Waals surface area contributed by atoms with Crippen LogP contribution in [0, 0.1) is 5.82 Å². The lowest BCUT2D eigenvalue weighted by Crippen LogP contribution is -2.38. The molecule has 0 fully saturated rings. The Hall–Kier alpha value is -2.95. The average Bonchev–Trinajstić information content (AvgIpc) is 2.67. The van der Waals surface area contributed by atoms with Crippen LogP contribution in [0.3, 0.4) is 0 Å². The lowest BCUT2D eigenvalue weighted by atomic mass is 9.73. The SMILES string of the molecule is CC(C)Oc1ccc(C2CC(=O)C3=C(C2)NC(=O)CC3c2ccc(F)cc2)cc1. The summed E-state index contributed by atoms with van der Waals surface area (Å²) < 4.78 is 19.0. The Morgan fingerprint density at radius 1 is 0.931 bits per heavy atom. The third kappa shape index (κ3) is 4.09. The maximum absolute atomic E-state index is 13.3. The van der Waals surface area contributed by atoms with Gasteiger partial charge in [0.25, 0.3) is 0 Å². The Labute approximate surface area is 169 Å². The second-order valence-electron chi connectivity index (χ2n) is 8.01. The van der Waals surface area contributed by atoms with Crippen molar-refractivity contribution < 1.29 is 18.7 Å². The minimum absolute atomic E-state index is 0.0154. The van der Waals surface area contributed by atoms with Gasteiger partial charge in [-0.3, -0.25) is 9.59 Å². The maximum Gasteiger partial charge on any atom is 0.225 e. The molecule has 4 nitrogen and oxygen atoms in total. The van der Waals surface area contributed by atoms with Crippen molar-refractivity contribution in [3.63, 3.8) is 0 Å². The van der Waals surface area contributed by atoms with Gasteiger partial charge < -0.3 is 10.1 Å². The molecule has 4 rings (SSSR count). The van der Waals surface area contributed by atoms with Crippen LogP contribution in [0.25, 0.3) is 0 Å². The fourth-order valence-corrected chi connectivity index (χ4v) is 4.27. The zero-order chi connectivity index (χ0) is 20.5. The highest BCUT2D eigenvalue weighted by molar-refractivity contribution is 6.02. The van der Waals surface area contributed by atoms with Crippen molar-refractivity contribution in [1.82, 2.24) is 5.32 Å². The van der Waals surface area contributed by atoms with E-state index in [9.17, 15) is 14.0 Å². The van der Waals surface area contributed by atoms with Gasteiger partial charge in [-0.15, -0.1) is 0 Å². The van der Waals surface area contributed by atoms with Crippen LogP contribution in [-0.2, 0) is 9.59 Å². The summed E-state index contributed by atoms with van der Waals surface area (Å²) in [4.78, 5) is 25.4. The molecule has 2 aliphatic rings. The largest absolute Gasteiger partial charge is 0.491 e. The Balaban J connectivity index is 1.61. The highest BCUT2D eigenvalue weighted by Crippen LogP contribution is 2.42. The first-order valence-electron chi connectivity index (χ1n) is 9.99. The van der Waals surface area contributed by atoms with Crippen molar-refractivity contribution in [2.75, 3.05) is 0 Å². The van der Waals surface area contributed by atoms with Gasteiger partial charge in [-0.2, -0.15) is 0 Å². The molecule has 0 radical (unpaired) electrons. The summed E-state index contributed by atoms with van der Waals surface area (Å²) in [5.41, 5.74) is 3.24. The Morgan fingerprint density at radius 2 is 1.59 bits per heavy atom. The van der Waals surface area contributed by atoms with Gasteiger partial charge in [-0.25, -0.2) is 4.39 Å². The van der Waals surface area contributed by atoms with E-state index in [2.05, 4.69) is 5.32 Å². The van der Waals surface area contributed by atoms with Crippen LogP contribution >= 0.6 is 0 Å². The number of halogens is 1. The van der Waals surface area contributed by atoms with Gasteiger partial charge in [0.2, 0.25) is 5.91 Å². The first kappa shape index (κ1) is 19.4. The van der Waals surface area contributed by atoms with Gasteiger partial charge in [0.1, 0.15) is 11.6 Å². The molecule has 1 N–H and O–H groups in total. The molecule has 0 aromatic heterocycles. The molecular weight excluding hydrogens is 369 g/mol. The number of ketones is 1. The second-order valence-corrected chi connectivity index (χ2v) is 8.01. The van der Waals surface area contributed by atoms with E-state index in [1.54, 1.807) is 12.1 Å². The van der Waals surface area contributed by atoms with Crippen LogP contribution in [0.5, 0.6) is 5.75 Å². The fourth-order valence-electron chi connectivity index (χ4n) is 4.27. The predicted molar refractivity (Wildman–Crippen MR) is 108 cm³/mol. The molecule has 5 heteroatoms. The van der Waals surface area contributed by atoms with Crippen LogP contribution in [-0.4, -0.2) is 17.8 Å². The Bertz CT molecular complexity index is 961. The van der Waals surface area contributed by atoms with Crippen LogP contribution in [0.2, 0.25) is 0 Å². The molecule has 1 heterocycles. The molecule has 2 aromatic carbocycles. The van der Waals surface area contributed by atoms with E-state index in [1.807, 2.05) is 38.1 Å². The Kier molecular flexibility index (Phi) is 5.22. The summed E-state index contributed by atoms with van der Waals surface area (Å²) in [6.45, 7) is 3.95. The number of benzene rings is 2. The van der Waals surface area contributed by atoms with Crippen LogP contribution < -0.4 is 10.1 Å². The first-order valence-corrected chi connectivity index (χ1v) is 9.99. The number of nitrogens with one attached hydrogen (secondary N) is 1. The quantitative estimate of drug-likeness (QED) is 0.825. The van der Waals surface area contributed by atoms with Gasteiger partial charge in [0.05, 0.1) is 6.10 Å². The van der Waals surface area contributed by atoms with E-state index in [-0.39, 0.29) is 41.9 Å². The molecule has 0 spiro atoms. The van der Waals surface area contributed by atoms with Gasteiger partial charge in [-0.05, 0) is 61.6 Å². The molecule has 2 atom stereocenters. The molecule has 2 aromatic rings. The molecule has 0 bridgehead atoms. The normalized spacial score (nSPS) is 21.8. The summed E-state index contributed by atoms with van der Waals surface area (Å²) in [7, 11) is 0. The van der Waals surface area contributed by atoms with Crippen molar-refractivity contribution in [3.8, 4) is 5.75 Å². The van der Waals surface area contributed by atoms with Crippen LogP contribution in [0.4, 0.5) is 4.39 Å². The summed E-state index contributed by atoms with van der Waals surface area (Å²) in [6.07, 6.45) is 1.32. The maximum atomic E-state index is 13.3. The number of carbonyl (C=O) groups excluding carboxylic acids is 2. The monoisotopic (exact) mass is 393 g/mol. The Morgan fingerprint density at radius 3 is 2.24 bits per heavy atom. The zero-order valence-electron chi connectivity index (χ0n) is 16.6. The number of ether oxygens (including phenoxy) is 1. The summed E-state index contributed by atoms with van der Waals surface area (Å²) in [5, 5.41) is 2.92. The summed E-state index contributed by atoms with van der Waals surface area (Å²) in [5.74, 6) is 0.118. The van der Waals surface area contributed by atoms with E-state index < -0.39 is 0 Å². The van der Waals surface area contributed by atoms with Crippen molar-refractivity contribution in [1.29, 1.82) is 0 Å². The number of allylic oxidation sites excluding steroid dienone is 2. The standard InChI is InChI=1S/C24H24FNO3/c1-14(2)29-19-9-5-15(6-10-19)17-11-21-24(22(27)12-17)20(13-23(28)26-21)16-3-7-18(25)8-4-16/h3-10,14,17,20H,11-13H2,1-2H3,(H,26,28). The highest BCUT2D eigenvalue weighted by atomic mass is 19.1. The van der Waals surface area contributed by atoms with Gasteiger partial charge in [-0.1, -0.05) is 24.3 Å². The van der Waals surface area contributed by atoms with Crippen molar-refractivity contribution in [2.24, 2.45) is 0 Å². The van der Waals surface area contributed by atoms with Gasteiger partial charge >= 0.3 is 0 Å². The minimum Gasteiger partial charge on any atom is -0.491 e. The fraction of sp³-hybridized carbons (Fsp3) is 0.333. The molecule has 1 aliphatic heterocycles. The minimum atomic E-state index is -0.330. The summed E-state index contributed by atoms with van der Waals surface area (Å²) >= 11 is 0. The average molecular weight is 393 g/mol. The predicted octanol–water partition coefficient (Wildman–Crippen LogP) is 4.62. The number of amides is 1. The molecule has 2 unspecified atom stereocenters. The van der Waals surface area contributed by atoms with Crippen molar-refractivity contribution >= 4 is 11.7 Å². The lowest BCUT2D eigenvalue weighted by Gasteiger charge is -2.34. The van der Waals surface area contributed by atoms with Crippen molar-refractivity contribution in [2.45, 2.75) is 51.0 Å². The van der Waals surface area contributed by atoms with Crippen LogP contribution in [0.1, 0.15) is 56.1 Å². The van der Waals surface area contributed by atoms with E-state index in [0.717, 1.165) is 16.9 Å². The molecular formula is C24H24FNO3. The number of hydrogen-bond donors (Lipinski definition) is 1. The third-order valence-corrected chi connectivity index (χ3v) is 5.53. The number of Topliss-reactive ketones (excluding diaryl/α,β-unsaturated/α-hetero) is 1. The summed E-state index contributed by atoms with van der Waals surface area (Å²) in [6, 6.07) is 13.9. The van der Waals surface area contributed by atoms with Gasteiger partial charge in [0, 0.05) is 30.0 Å². The molecule has 29 heavy (non-hydrogen) atoms. The molecule has 0 saturated carbocycles. The smallest absolute Gasteiger partial charge is 0.225 e. The lowest BCUT2D eigenvalue weighted by molar-refractivity contribution is -0.122.